The van der Waals surface area contributed by atoms with Crippen molar-refractivity contribution in [2.24, 2.45) is 11.5 Å². The molecular formula is C22H35N5O7. The third kappa shape index (κ3) is 9.73. The van der Waals surface area contributed by atoms with Crippen molar-refractivity contribution < 1.29 is 34.5 Å². The molecule has 0 heterocycles. The van der Waals surface area contributed by atoms with E-state index in [4.69, 9.17) is 16.6 Å². The van der Waals surface area contributed by atoms with E-state index in [1.165, 1.54) is 38.1 Å². The maximum atomic E-state index is 12.9. The Labute approximate surface area is 198 Å². The normalized spacial score (nSPS) is 15.3. The number of unbranched alkanes of at least 4 members (excludes halogenated alkanes) is 1. The highest BCUT2D eigenvalue weighted by atomic mass is 16.4. The SMILES string of the molecule is CC(NC(=O)C(Cc1ccc(O)cc1)NC(=O)C(NC(=O)C(N)CCCCN)C(C)O)C(=O)O. The van der Waals surface area contributed by atoms with E-state index in [9.17, 15) is 29.4 Å². The van der Waals surface area contributed by atoms with E-state index in [2.05, 4.69) is 16.0 Å². The first kappa shape index (κ1) is 28.8. The monoisotopic (exact) mass is 481 g/mol. The maximum absolute atomic E-state index is 12.9. The molecule has 0 aliphatic carbocycles. The smallest absolute Gasteiger partial charge is 0.325 e. The number of carbonyl (C=O) groups is 4. The number of benzene rings is 1. The number of aliphatic hydroxyl groups is 1. The molecule has 0 saturated carbocycles. The van der Waals surface area contributed by atoms with Crippen molar-refractivity contribution in [3.8, 4) is 5.75 Å². The van der Waals surface area contributed by atoms with Crippen LogP contribution in [0.15, 0.2) is 24.3 Å². The lowest BCUT2D eigenvalue weighted by Gasteiger charge is -2.26. The van der Waals surface area contributed by atoms with Gasteiger partial charge in [0.1, 0.15) is 23.9 Å². The molecule has 1 aromatic carbocycles. The number of carboxylic acids is 1. The molecule has 190 valence electrons. The average molecular weight is 482 g/mol. The molecule has 5 atom stereocenters. The summed E-state index contributed by atoms with van der Waals surface area (Å²) in [6.07, 6.45) is 0.298. The van der Waals surface area contributed by atoms with Gasteiger partial charge in [-0.15, -0.1) is 0 Å². The van der Waals surface area contributed by atoms with Crippen LogP contribution in [0.3, 0.4) is 0 Å². The Hall–Kier alpha value is -3.22. The molecule has 0 spiro atoms. The van der Waals surface area contributed by atoms with Gasteiger partial charge < -0.3 is 42.7 Å². The van der Waals surface area contributed by atoms with E-state index < -0.39 is 54.0 Å². The Bertz CT molecular complexity index is 831. The molecule has 12 nitrogen and oxygen atoms in total. The zero-order chi connectivity index (χ0) is 25.8. The van der Waals surface area contributed by atoms with E-state index in [1.54, 1.807) is 0 Å². The van der Waals surface area contributed by atoms with E-state index in [-0.39, 0.29) is 12.2 Å². The second kappa shape index (κ2) is 14.1. The van der Waals surface area contributed by atoms with Gasteiger partial charge >= 0.3 is 5.97 Å². The van der Waals surface area contributed by atoms with Crippen molar-refractivity contribution in [2.75, 3.05) is 6.54 Å². The number of amides is 3. The third-order valence-corrected chi connectivity index (χ3v) is 5.11. The summed E-state index contributed by atoms with van der Waals surface area (Å²) < 4.78 is 0. The molecule has 1 aromatic rings. The Balaban J connectivity index is 2.98. The molecule has 0 aliphatic heterocycles. The van der Waals surface area contributed by atoms with Gasteiger partial charge in [-0.1, -0.05) is 18.6 Å². The number of hydrogen-bond donors (Lipinski definition) is 8. The van der Waals surface area contributed by atoms with E-state index in [0.29, 0.717) is 31.4 Å². The largest absolute Gasteiger partial charge is 0.508 e. The summed E-state index contributed by atoms with van der Waals surface area (Å²) in [6.45, 7) is 3.02. The number of aromatic hydroxyl groups is 1. The summed E-state index contributed by atoms with van der Waals surface area (Å²) in [5, 5.41) is 35.8. The highest BCUT2D eigenvalue weighted by Gasteiger charge is 2.32. The highest BCUT2D eigenvalue weighted by molar-refractivity contribution is 5.94. The first-order valence-electron chi connectivity index (χ1n) is 11.0. The number of nitrogens with two attached hydrogens (primary N) is 2. The molecule has 0 aromatic heterocycles. The molecule has 34 heavy (non-hydrogen) atoms. The fraction of sp³-hybridized carbons (Fsp3) is 0.545. The number of carboxylic acid groups (broad SMARTS) is 1. The zero-order valence-electron chi connectivity index (χ0n) is 19.4. The van der Waals surface area contributed by atoms with Crippen molar-refractivity contribution in [1.29, 1.82) is 0 Å². The first-order valence-corrected chi connectivity index (χ1v) is 11.0. The van der Waals surface area contributed by atoms with Crippen LogP contribution >= 0.6 is 0 Å². The summed E-state index contributed by atoms with van der Waals surface area (Å²) in [5.41, 5.74) is 11.8. The second-order valence-electron chi connectivity index (χ2n) is 8.12. The van der Waals surface area contributed by atoms with Gasteiger partial charge in [-0.3, -0.25) is 19.2 Å². The van der Waals surface area contributed by atoms with Gasteiger partial charge in [-0.25, -0.2) is 0 Å². The summed E-state index contributed by atoms with van der Waals surface area (Å²) in [5.74, 6) is -3.52. The van der Waals surface area contributed by atoms with Crippen LogP contribution in [-0.4, -0.2) is 75.8 Å². The molecule has 5 unspecified atom stereocenters. The van der Waals surface area contributed by atoms with E-state index in [0.717, 1.165) is 0 Å². The summed E-state index contributed by atoms with van der Waals surface area (Å²) in [7, 11) is 0. The molecule has 0 bridgehead atoms. The number of hydrogen-bond acceptors (Lipinski definition) is 8. The predicted octanol–water partition coefficient (Wildman–Crippen LogP) is -1.67. The Morgan fingerprint density at radius 1 is 0.941 bits per heavy atom. The molecule has 10 N–H and O–H groups in total. The minimum absolute atomic E-state index is 0.00738. The standard InChI is InChI=1S/C22H35N5O7/c1-12(22(33)34)25-20(31)17(11-14-6-8-15(29)9-7-14)26-21(32)18(13(2)28)27-19(30)16(24)5-3-4-10-23/h6-9,12-13,16-18,28-29H,3-5,10-11,23-24H2,1-2H3,(H,25,31)(H,26,32)(H,27,30)(H,33,34). The number of nitrogens with one attached hydrogen (secondary N) is 3. The predicted molar refractivity (Wildman–Crippen MR) is 123 cm³/mol. The van der Waals surface area contributed by atoms with Crippen molar-refractivity contribution in [1.82, 2.24) is 16.0 Å². The summed E-state index contributed by atoms with van der Waals surface area (Å²) >= 11 is 0. The molecule has 12 heteroatoms. The van der Waals surface area contributed by atoms with E-state index >= 15 is 0 Å². The lowest BCUT2D eigenvalue weighted by atomic mass is 10.0. The molecular weight excluding hydrogens is 446 g/mol. The Morgan fingerprint density at radius 2 is 1.56 bits per heavy atom. The van der Waals surface area contributed by atoms with Crippen LogP contribution in [0.4, 0.5) is 0 Å². The van der Waals surface area contributed by atoms with E-state index in [1.807, 2.05) is 0 Å². The van der Waals surface area contributed by atoms with Crippen molar-refractivity contribution in [2.45, 2.75) is 69.8 Å². The molecule has 0 radical (unpaired) electrons. The molecule has 0 fully saturated rings. The van der Waals surface area contributed by atoms with Gasteiger partial charge in [0.2, 0.25) is 17.7 Å². The Morgan fingerprint density at radius 3 is 2.09 bits per heavy atom. The van der Waals surface area contributed by atoms with Crippen LogP contribution in [0.1, 0.15) is 38.7 Å². The van der Waals surface area contributed by atoms with Crippen LogP contribution in [0, 0.1) is 0 Å². The molecule has 0 saturated heterocycles. The van der Waals surface area contributed by atoms with Crippen LogP contribution in [0.5, 0.6) is 5.75 Å². The van der Waals surface area contributed by atoms with Crippen LogP contribution in [0.25, 0.3) is 0 Å². The second-order valence-corrected chi connectivity index (χ2v) is 8.12. The number of aliphatic hydroxyl groups excluding tert-OH is 1. The van der Waals surface area contributed by atoms with Gasteiger partial charge in [0.15, 0.2) is 0 Å². The molecule has 1 rings (SSSR count). The topological polar surface area (TPSA) is 217 Å². The number of carbonyl (C=O) groups excluding carboxylic acids is 3. The van der Waals surface area contributed by atoms with Gasteiger partial charge in [0.05, 0.1) is 12.1 Å². The van der Waals surface area contributed by atoms with Gasteiger partial charge in [-0.2, -0.15) is 0 Å². The minimum Gasteiger partial charge on any atom is -0.508 e. The van der Waals surface area contributed by atoms with Gasteiger partial charge in [-0.05, 0) is 50.9 Å². The number of rotatable bonds is 14. The van der Waals surface area contributed by atoms with Crippen LogP contribution in [0.2, 0.25) is 0 Å². The lowest BCUT2D eigenvalue weighted by molar-refractivity contribution is -0.142. The van der Waals surface area contributed by atoms with Gasteiger partial charge in [0, 0.05) is 6.42 Å². The quantitative estimate of drug-likeness (QED) is 0.142. The summed E-state index contributed by atoms with van der Waals surface area (Å²) in [4.78, 5) is 49.1. The molecule has 3 amide bonds. The number of phenolic OH excluding ortho intramolecular Hbond substituents is 1. The maximum Gasteiger partial charge on any atom is 0.325 e. The van der Waals surface area contributed by atoms with Crippen LogP contribution < -0.4 is 27.4 Å². The number of aliphatic carboxylic acids is 1. The minimum atomic E-state index is -1.40. The summed E-state index contributed by atoms with van der Waals surface area (Å²) in [6, 6.07) is 1.12. The lowest BCUT2D eigenvalue weighted by Crippen LogP contribution is -2.60. The van der Waals surface area contributed by atoms with Crippen LogP contribution in [-0.2, 0) is 25.6 Å². The zero-order valence-corrected chi connectivity index (χ0v) is 19.4. The first-order chi connectivity index (χ1) is 16.0. The van der Waals surface area contributed by atoms with Crippen molar-refractivity contribution in [3.63, 3.8) is 0 Å². The average Bonchev–Trinajstić information content (AvgIpc) is 2.77. The van der Waals surface area contributed by atoms with Gasteiger partial charge in [0.25, 0.3) is 0 Å². The molecule has 0 aliphatic rings. The highest BCUT2D eigenvalue weighted by Crippen LogP contribution is 2.12. The number of phenols is 1. The van der Waals surface area contributed by atoms with Crippen molar-refractivity contribution >= 4 is 23.7 Å². The Kier molecular flexibility index (Phi) is 12.0. The fourth-order valence-electron chi connectivity index (χ4n) is 3.02. The fourth-order valence-corrected chi connectivity index (χ4v) is 3.02. The van der Waals surface area contributed by atoms with Crippen molar-refractivity contribution in [3.05, 3.63) is 29.8 Å². The third-order valence-electron chi connectivity index (χ3n) is 5.11.